The van der Waals surface area contributed by atoms with Crippen LogP contribution in [0.4, 0.5) is 0 Å². The molecular weight excluding hydrogens is 436 g/mol. The van der Waals surface area contributed by atoms with Crippen LogP contribution in [0.1, 0.15) is 44.5 Å². The number of fused-ring (bicyclic) bond motifs is 2. The van der Waals surface area contributed by atoms with Gasteiger partial charge in [-0.05, 0) is 36.2 Å². The molecule has 2 aliphatic heterocycles. The van der Waals surface area contributed by atoms with Gasteiger partial charge in [0, 0.05) is 26.2 Å². The van der Waals surface area contributed by atoms with Gasteiger partial charge >= 0.3 is 5.97 Å². The number of hydrogen-bond donors (Lipinski definition) is 0. The molecule has 1 atom stereocenters. The van der Waals surface area contributed by atoms with E-state index >= 15 is 0 Å². The van der Waals surface area contributed by atoms with E-state index in [9.17, 15) is 14.4 Å². The predicted molar refractivity (Wildman–Crippen MR) is 125 cm³/mol. The summed E-state index contributed by atoms with van der Waals surface area (Å²) in [5.41, 5.74) is 1.69. The maximum atomic E-state index is 13.5. The van der Waals surface area contributed by atoms with Crippen molar-refractivity contribution in [2.45, 2.75) is 12.5 Å². The third-order valence-corrected chi connectivity index (χ3v) is 6.50. The number of rotatable bonds is 6. The molecule has 3 heterocycles. The summed E-state index contributed by atoms with van der Waals surface area (Å²) in [6.45, 7) is 4.49. The first-order valence-electron chi connectivity index (χ1n) is 11.4. The van der Waals surface area contributed by atoms with Gasteiger partial charge in [-0.2, -0.15) is 0 Å². The Morgan fingerprint density at radius 3 is 2.50 bits per heavy atom. The fraction of sp³-hybridized carbons (Fsp3) is 0.346. The molecule has 0 N–H and O–H groups in total. The third-order valence-electron chi connectivity index (χ3n) is 6.50. The van der Waals surface area contributed by atoms with Crippen molar-refractivity contribution >= 4 is 22.8 Å². The fourth-order valence-electron chi connectivity index (χ4n) is 4.75. The molecule has 176 valence electrons. The van der Waals surface area contributed by atoms with Crippen LogP contribution in [0, 0.1) is 0 Å². The Balaban J connectivity index is 1.51. The van der Waals surface area contributed by atoms with E-state index in [1.165, 1.54) is 7.11 Å². The van der Waals surface area contributed by atoms with Crippen molar-refractivity contribution in [2.75, 3.05) is 46.5 Å². The second-order valence-corrected chi connectivity index (χ2v) is 8.49. The maximum Gasteiger partial charge on any atom is 0.337 e. The molecule has 2 aromatic carbocycles. The van der Waals surface area contributed by atoms with Crippen LogP contribution in [0.5, 0.6) is 0 Å². The van der Waals surface area contributed by atoms with E-state index in [0.29, 0.717) is 41.9 Å². The summed E-state index contributed by atoms with van der Waals surface area (Å²) in [6, 6.07) is 13.2. The van der Waals surface area contributed by atoms with E-state index in [2.05, 4.69) is 4.90 Å². The number of esters is 1. The normalized spacial score (nSPS) is 18.3. The van der Waals surface area contributed by atoms with Gasteiger partial charge in [0.05, 0.1) is 42.9 Å². The number of ether oxygens (including phenoxy) is 2. The number of para-hydroxylation sites is 1. The van der Waals surface area contributed by atoms with Crippen molar-refractivity contribution in [1.82, 2.24) is 9.80 Å². The molecule has 0 aliphatic carbocycles. The van der Waals surface area contributed by atoms with Gasteiger partial charge in [0.1, 0.15) is 5.58 Å². The lowest BCUT2D eigenvalue weighted by Crippen LogP contribution is -2.38. The number of benzene rings is 2. The minimum absolute atomic E-state index is 0.0946. The zero-order valence-corrected chi connectivity index (χ0v) is 19.0. The fourth-order valence-corrected chi connectivity index (χ4v) is 4.75. The molecule has 8 nitrogen and oxygen atoms in total. The molecule has 3 aromatic rings. The lowest BCUT2D eigenvalue weighted by molar-refractivity contribution is 0.0353. The predicted octanol–water partition coefficient (Wildman–Crippen LogP) is 2.85. The van der Waals surface area contributed by atoms with Crippen LogP contribution in [-0.2, 0) is 9.47 Å². The first kappa shape index (κ1) is 22.3. The zero-order chi connectivity index (χ0) is 23.7. The van der Waals surface area contributed by atoms with Crippen molar-refractivity contribution < 1.29 is 23.5 Å². The molecule has 5 rings (SSSR count). The van der Waals surface area contributed by atoms with Crippen LogP contribution in [-0.4, -0.2) is 68.2 Å². The van der Waals surface area contributed by atoms with Gasteiger partial charge in [0.15, 0.2) is 5.43 Å². The number of morpholine rings is 1. The number of methoxy groups -OCH3 is 1. The van der Waals surface area contributed by atoms with Gasteiger partial charge in [-0.15, -0.1) is 0 Å². The molecule has 0 radical (unpaired) electrons. The summed E-state index contributed by atoms with van der Waals surface area (Å²) in [5.74, 6) is -0.638. The van der Waals surface area contributed by atoms with Gasteiger partial charge in [0.25, 0.3) is 5.91 Å². The van der Waals surface area contributed by atoms with E-state index in [4.69, 9.17) is 13.9 Å². The summed E-state index contributed by atoms with van der Waals surface area (Å²) in [7, 11) is 1.33. The average Bonchev–Trinajstić information content (AvgIpc) is 3.16. The lowest BCUT2D eigenvalue weighted by Gasteiger charge is -2.29. The average molecular weight is 463 g/mol. The first-order chi connectivity index (χ1) is 16.6. The Morgan fingerprint density at radius 2 is 1.76 bits per heavy atom. The van der Waals surface area contributed by atoms with Crippen LogP contribution in [0.3, 0.4) is 0 Å². The summed E-state index contributed by atoms with van der Waals surface area (Å²) >= 11 is 0. The number of amides is 1. The Kier molecular flexibility index (Phi) is 6.17. The molecule has 1 saturated heterocycles. The van der Waals surface area contributed by atoms with Crippen LogP contribution in [0.25, 0.3) is 11.0 Å². The van der Waals surface area contributed by atoms with Crippen LogP contribution < -0.4 is 5.43 Å². The summed E-state index contributed by atoms with van der Waals surface area (Å²) in [6.07, 6.45) is 0.754. The Bertz CT molecular complexity index is 1280. The highest BCUT2D eigenvalue weighted by molar-refractivity contribution is 5.99. The third kappa shape index (κ3) is 3.99. The Labute approximate surface area is 196 Å². The van der Waals surface area contributed by atoms with Crippen molar-refractivity contribution in [3.63, 3.8) is 0 Å². The Hall–Kier alpha value is -3.49. The van der Waals surface area contributed by atoms with Crippen molar-refractivity contribution in [3.05, 3.63) is 81.2 Å². The van der Waals surface area contributed by atoms with Crippen molar-refractivity contribution in [2.24, 2.45) is 0 Å². The maximum absolute atomic E-state index is 13.5. The molecular formula is C26H26N2O6. The summed E-state index contributed by atoms with van der Waals surface area (Å²) < 4.78 is 16.2. The molecule has 0 saturated carbocycles. The largest absolute Gasteiger partial charge is 0.465 e. The van der Waals surface area contributed by atoms with E-state index in [1.54, 1.807) is 53.4 Å². The second-order valence-electron chi connectivity index (χ2n) is 8.49. The molecule has 1 fully saturated rings. The number of nitrogens with zero attached hydrogens (tertiary/aromatic N) is 2. The smallest absolute Gasteiger partial charge is 0.337 e. The molecule has 0 unspecified atom stereocenters. The van der Waals surface area contributed by atoms with Crippen LogP contribution in [0.15, 0.2) is 57.7 Å². The monoisotopic (exact) mass is 462 g/mol. The number of carbonyl (C=O) groups is 2. The first-order valence-corrected chi connectivity index (χ1v) is 11.4. The molecule has 0 spiro atoms. The highest BCUT2D eigenvalue weighted by atomic mass is 16.5. The van der Waals surface area contributed by atoms with Gasteiger partial charge in [-0.3, -0.25) is 14.5 Å². The highest BCUT2D eigenvalue weighted by Gasteiger charge is 2.42. The summed E-state index contributed by atoms with van der Waals surface area (Å²) in [4.78, 5) is 42.9. The van der Waals surface area contributed by atoms with Crippen LogP contribution >= 0.6 is 0 Å². The van der Waals surface area contributed by atoms with Gasteiger partial charge in [0.2, 0.25) is 5.76 Å². The van der Waals surface area contributed by atoms with Gasteiger partial charge in [-0.1, -0.05) is 24.3 Å². The minimum Gasteiger partial charge on any atom is -0.465 e. The molecule has 1 amide bonds. The highest BCUT2D eigenvalue weighted by Crippen LogP contribution is 2.38. The minimum atomic E-state index is -0.584. The van der Waals surface area contributed by atoms with Gasteiger partial charge in [-0.25, -0.2) is 4.79 Å². The molecule has 34 heavy (non-hydrogen) atoms. The standard InChI is InChI=1S/C26H26N2O6/c1-32-26(31)18-9-7-17(8-10-18)22-21-23(29)19-5-2-3-6-20(19)34-24(21)25(30)28(22)12-4-11-27-13-15-33-16-14-27/h2-3,5-10,22H,4,11-16H2,1H3/t22-/m0/s1. The number of hydrogen-bond acceptors (Lipinski definition) is 7. The molecule has 8 heteroatoms. The summed E-state index contributed by atoms with van der Waals surface area (Å²) in [5, 5.41) is 0.445. The van der Waals surface area contributed by atoms with E-state index < -0.39 is 12.0 Å². The second kappa shape index (κ2) is 9.40. The Morgan fingerprint density at radius 1 is 1.03 bits per heavy atom. The topological polar surface area (TPSA) is 89.3 Å². The lowest BCUT2D eigenvalue weighted by atomic mass is 9.97. The molecule has 1 aromatic heterocycles. The molecule has 0 bridgehead atoms. The van der Waals surface area contributed by atoms with Gasteiger partial charge < -0.3 is 18.8 Å². The SMILES string of the molecule is COC(=O)c1ccc([C@H]2c3c(oc4ccccc4c3=O)C(=O)N2CCCN2CCOCC2)cc1. The van der Waals surface area contributed by atoms with E-state index in [-0.39, 0.29) is 17.1 Å². The number of carbonyl (C=O) groups excluding carboxylic acids is 2. The van der Waals surface area contributed by atoms with Crippen LogP contribution in [0.2, 0.25) is 0 Å². The quantitative estimate of drug-likeness (QED) is 0.521. The zero-order valence-electron chi connectivity index (χ0n) is 19.0. The van der Waals surface area contributed by atoms with E-state index in [0.717, 1.165) is 31.6 Å². The molecule has 2 aliphatic rings. The van der Waals surface area contributed by atoms with Crippen molar-refractivity contribution in [1.29, 1.82) is 0 Å². The van der Waals surface area contributed by atoms with E-state index in [1.807, 2.05) is 0 Å². The van der Waals surface area contributed by atoms with Crippen molar-refractivity contribution in [3.8, 4) is 0 Å².